The highest BCUT2D eigenvalue weighted by Gasteiger charge is 2.20. The number of imidazole rings is 1. The molecule has 5 aromatic rings. The van der Waals surface area contributed by atoms with Crippen LogP contribution in [0.2, 0.25) is 0 Å². The van der Waals surface area contributed by atoms with Crippen LogP contribution in [-0.2, 0) is 4.79 Å². The molecule has 4 aromatic heterocycles. The molecule has 5 rings (SSSR count). The molecule has 4 heterocycles. The summed E-state index contributed by atoms with van der Waals surface area (Å²) < 4.78 is 2.06. The molecule has 0 spiro atoms. The third kappa shape index (κ3) is 5.17. The van der Waals surface area contributed by atoms with Crippen LogP contribution in [0.3, 0.4) is 0 Å². The van der Waals surface area contributed by atoms with E-state index in [4.69, 9.17) is 9.97 Å². The summed E-state index contributed by atoms with van der Waals surface area (Å²) in [6, 6.07) is 21.2. The standard InChI is InChI=1S/C31H28N6O/c1-20-15-17-37-28(18-20)36-29(24-14-16-33-21(2)19-24)30(37)25-11-13-27(35-31(38)22(3)32-4)34-26(25)12-10-23-8-6-5-7-9-23/h5-9,11,13-19,22,32H,1-4H3,(H,34,35,38). The molecule has 0 bridgehead atoms. The second-order valence-corrected chi connectivity index (χ2v) is 9.14. The van der Waals surface area contributed by atoms with Crippen molar-refractivity contribution < 1.29 is 4.79 Å². The van der Waals surface area contributed by atoms with Crippen molar-refractivity contribution in [3.8, 4) is 34.4 Å². The van der Waals surface area contributed by atoms with Gasteiger partial charge in [-0.3, -0.25) is 14.2 Å². The van der Waals surface area contributed by atoms with Crippen LogP contribution in [-0.4, -0.2) is 38.3 Å². The number of benzene rings is 1. The normalized spacial score (nSPS) is 11.6. The number of aromatic nitrogens is 4. The molecule has 1 atom stereocenters. The van der Waals surface area contributed by atoms with Crippen LogP contribution in [0.25, 0.3) is 28.2 Å². The first-order chi connectivity index (χ1) is 18.4. The van der Waals surface area contributed by atoms with E-state index in [0.717, 1.165) is 45.0 Å². The van der Waals surface area contributed by atoms with E-state index < -0.39 is 0 Å². The molecule has 7 heteroatoms. The minimum atomic E-state index is -0.362. The Morgan fingerprint density at radius 1 is 0.974 bits per heavy atom. The molecule has 0 radical (unpaired) electrons. The van der Waals surface area contributed by atoms with E-state index in [1.54, 1.807) is 26.2 Å². The molecule has 0 aliphatic carbocycles. The van der Waals surface area contributed by atoms with Crippen LogP contribution in [0.5, 0.6) is 0 Å². The number of fused-ring (bicyclic) bond motifs is 1. The maximum atomic E-state index is 12.6. The van der Waals surface area contributed by atoms with Gasteiger partial charge in [-0.05, 0) is 87.8 Å². The number of carbonyl (C=O) groups is 1. The third-order valence-electron chi connectivity index (χ3n) is 6.28. The van der Waals surface area contributed by atoms with E-state index in [2.05, 4.69) is 44.0 Å². The predicted octanol–water partition coefficient (Wildman–Crippen LogP) is 5.02. The van der Waals surface area contributed by atoms with Crippen LogP contribution in [0, 0.1) is 25.7 Å². The van der Waals surface area contributed by atoms with Gasteiger partial charge in [-0.25, -0.2) is 9.97 Å². The summed E-state index contributed by atoms with van der Waals surface area (Å²) in [5, 5.41) is 5.84. The van der Waals surface area contributed by atoms with Crippen molar-refractivity contribution in [3.63, 3.8) is 0 Å². The summed E-state index contributed by atoms with van der Waals surface area (Å²) in [6.07, 6.45) is 3.81. The van der Waals surface area contributed by atoms with E-state index >= 15 is 0 Å². The largest absolute Gasteiger partial charge is 0.309 e. The van der Waals surface area contributed by atoms with Gasteiger partial charge in [-0.1, -0.05) is 24.1 Å². The Balaban J connectivity index is 1.73. The number of nitrogens with zero attached hydrogens (tertiary/aromatic N) is 4. The zero-order chi connectivity index (χ0) is 26.6. The number of anilines is 1. The average molecular weight is 501 g/mol. The predicted molar refractivity (Wildman–Crippen MR) is 151 cm³/mol. The lowest BCUT2D eigenvalue weighted by atomic mass is 10.0. The molecular formula is C31H28N6O. The van der Waals surface area contributed by atoms with E-state index in [1.165, 1.54) is 0 Å². The van der Waals surface area contributed by atoms with E-state index in [-0.39, 0.29) is 11.9 Å². The molecule has 0 saturated carbocycles. The minimum absolute atomic E-state index is 0.173. The molecule has 7 nitrogen and oxygen atoms in total. The molecule has 38 heavy (non-hydrogen) atoms. The number of amides is 1. The fourth-order valence-electron chi connectivity index (χ4n) is 4.13. The Labute approximate surface area is 222 Å². The summed E-state index contributed by atoms with van der Waals surface area (Å²) in [6.45, 7) is 5.81. The van der Waals surface area contributed by atoms with Crippen LogP contribution in [0.1, 0.15) is 29.4 Å². The van der Waals surface area contributed by atoms with E-state index in [1.807, 2.05) is 68.6 Å². The van der Waals surface area contributed by atoms with Crippen molar-refractivity contribution in [1.29, 1.82) is 0 Å². The number of likely N-dealkylation sites (N-methyl/N-ethyl adjacent to an activating group) is 1. The highest BCUT2D eigenvalue weighted by molar-refractivity contribution is 5.94. The quantitative estimate of drug-likeness (QED) is 0.331. The Bertz CT molecular complexity index is 1690. The fraction of sp³-hybridized carbons (Fsp3) is 0.161. The van der Waals surface area contributed by atoms with Gasteiger partial charge in [-0.15, -0.1) is 0 Å². The Kier molecular flexibility index (Phi) is 6.98. The molecule has 1 amide bonds. The first kappa shape index (κ1) is 24.9. The number of carbonyl (C=O) groups excluding carboxylic acids is 1. The van der Waals surface area contributed by atoms with Crippen molar-refractivity contribution in [1.82, 2.24) is 24.7 Å². The van der Waals surface area contributed by atoms with Gasteiger partial charge < -0.3 is 10.6 Å². The lowest BCUT2D eigenvalue weighted by molar-refractivity contribution is -0.117. The monoisotopic (exact) mass is 500 g/mol. The maximum absolute atomic E-state index is 12.6. The highest BCUT2D eigenvalue weighted by Crippen LogP contribution is 2.35. The maximum Gasteiger partial charge on any atom is 0.242 e. The fourth-order valence-corrected chi connectivity index (χ4v) is 4.13. The highest BCUT2D eigenvalue weighted by atomic mass is 16.2. The number of hydrogen-bond donors (Lipinski definition) is 2. The number of aryl methyl sites for hydroxylation is 2. The summed E-state index contributed by atoms with van der Waals surface area (Å²) in [4.78, 5) is 26.7. The van der Waals surface area contributed by atoms with Gasteiger partial charge in [0.05, 0.1) is 17.4 Å². The average Bonchev–Trinajstić information content (AvgIpc) is 3.30. The molecule has 0 fully saturated rings. The molecule has 2 N–H and O–H groups in total. The van der Waals surface area contributed by atoms with Crippen molar-refractivity contribution in [2.24, 2.45) is 0 Å². The Morgan fingerprint density at radius 2 is 1.79 bits per heavy atom. The van der Waals surface area contributed by atoms with E-state index in [9.17, 15) is 4.79 Å². The summed E-state index contributed by atoms with van der Waals surface area (Å²) in [7, 11) is 1.74. The van der Waals surface area contributed by atoms with Crippen LogP contribution < -0.4 is 10.6 Å². The molecule has 0 saturated heterocycles. The minimum Gasteiger partial charge on any atom is -0.309 e. The van der Waals surface area contributed by atoms with E-state index in [0.29, 0.717) is 11.5 Å². The van der Waals surface area contributed by atoms with Gasteiger partial charge in [0.1, 0.15) is 17.2 Å². The van der Waals surface area contributed by atoms with Crippen molar-refractivity contribution in [2.45, 2.75) is 26.8 Å². The number of hydrogen-bond acceptors (Lipinski definition) is 5. The number of pyridine rings is 3. The lowest BCUT2D eigenvalue weighted by Crippen LogP contribution is -2.35. The van der Waals surface area contributed by atoms with Crippen LogP contribution >= 0.6 is 0 Å². The topological polar surface area (TPSA) is 84.2 Å². The second kappa shape index (κ2) is 10.7. The molecular weight excluding hydrogens is 472 g/mol. The van der Waals surface area contributed by atoms with Gasteiger partial charge >= 0.3 is 0 Å². The van der Waals surface area contributed by atoms with Crippen molar-refractivity contribution in [3.05, 3.63) is 102 Å². The first-order valence-electron chi connectivity index (χ1n) is 12.4. The summed E-state index contributed by atoms with van der Waals surface area (Å²) in [5.41, 5.74) is 7.71. The van der Waals surface area contributed by atoms with Gasteiger partial charge in [-0.2, -0.15) is 0 Å². The molecule has 0 aliphatic heterocycles. The lowest BCUT2D eigenvalue weighted by Gasteiger charge is -2.13. The molecule has 1 unspecified atom stereocenters. The van der Waals surface area contributed by atoms with Gasteiger partial charge in [0, 0.05) is 34.8 Å². The molecule has 1 aromatic carbocycles. The Morgan fingerprint density at radius 3 is 2.55 bits per heavy atom. The summed E-state index contributed by atoms with van der Waals surface area (Å²) in [5.74, 6) is 6.75. The van der Waals surface area contributed by atoms with Gasteiger partial charge in [0.25, 0.3) is 0 Å². The SMILES string of the molecule is CNC(C)C(=O)Nc1ccc(-c2c(-c3ccnc(C)c3)nc3cc(C)ccn23)c(C#Cc2ccccc2)n1. The first-order valence-corrected chi connectivity index (χ1v) is 12.4. The third-order valence-corrected chi connectivity index (χ3v) is 6.28. The second-order valence-electron chi connectivity index (χ2n) is 9.14. The van der Waals surface area contributed by atoms with Gasteiger partial charge in [0.2, 0.25) is 5.91 Å². The number of nitrogens with one attached hydrogen (secondary N) is 2. The molecule has 188 valence electrons. The Hall–Kier alpha value is -4.80. The zero-order valence-electron chi connectivity index (χ0n) is 21.8. The van der Waals surface area contributed by atoms with Crippen molar-refractivity contribution in [2.75, 3.05) is 12.4 Å². The molecule has 0 aliphatic rings. The summed E-state index contributed by atoms with van der Waals surface area (Å²) >= 11 is 0. The number of rotatable bonds is 5. The van der Waals surface area contributed by atoms with Crippen molar-refractivity contribution >= 4 is 17.4 Å². The van der Waals surface area contributed by atoms with Crippen LogP contribution in [0.4, 0.5) is 5.82 Å². The van der Waals surface area contributed by atoms with Gasteiger partial charge in [0.15, 0.2) is 0 Å². The zero-order valence-corrected chi connectivity index (χ0v) is 21.8. The van der Waals surface area contributed by atoms with Crippen LogP contribution in [0.15, 0.2) is 79.1 Å². The smallest absolute Gasteiger partial charge is 0.242 e.